The second kappa shape index (κ2) is 10.0. The van der Waals surface area contributed by atoms with Crippen LogP contribution in [0.5, 0.6) is 0 Å². The Hall–Kier alpha value is -1.19. The lowest BCUT2D eigenvalue weighted by Gasteiger charge is -2.32. The highest BCUT2D eigenvalue weighted by atomic mass is 35.5. The minimum atomic E-state index is -3.57. The maximum atomic E-state index is 13.0. The number of hydrogen-bond donors (Lipinski definition) is 2. The molecule has 1 aromatic carbocycles. The van der Waals surface area contributed by atoms with Crippen molar-refractivity contribution in [2.75, 3.05) is 26.2 Å². The molecular weight excluding hydrogens is 402 g/mol. The number of ether oxygens (including phenoxy) is 1. The molecule has 1 aliphatic heterocycles. The highest BCUT2D eigenvalue weighted by Crippen LogP contribution is 2.24. The van der Waals surface area contributed by atoms with Crippen molar-refractivity contribution in [3.63, 3.8) is 0 Å². The fourth-order valence-electron chi connectivity index (χ4n) is 3.22. The Morgan fingerprint density at radius 3 is 2.54 bits per heavy atom. The molecule has 3 rings (SSSR count). The van der Waals surface area contributed by atoms with E-state index in [2.05, 4.69) is 4.72 Å². The summed E-state index contributed by atoms with van der Waals surface area (Å²) in [6.45, 7) is 4.33. The van der Waals surface area contributed by atoms with Crippen LogP contribution in [0.1, 0.15) is 48.0 Å². The highest BCUT2D eigenvalue weighted by Gasteiger charge is 2.30. The number of benzene rings is 1. The third-order valence-electron chi connectivity index (χ3n) is 5.08. The summed E-state index contributed by atoms with van der Waals surface area (Å²) in [5.74, 6) is -0.114. The van der Waals surface area contributed by atoms with Crippen molar-refractivity contribution < 1.29 is 17.9 Å². The monoisotopic (exact) mass is 431 g/mol. The van der Waals surface area contributed by atoms with Gasteiger partial charge in [-0.3, -0.25) is 4.79 Å². The molecule has 28 heavy (non-hydrogen) atoms. The van der Waals surface area contributed by atoms with Gasteiger partial charge in [-0.15, -0.1) is 12.4 Å². The Kier molecular flexibility index (Phi) is 8.27. The third kappa shape index (κ3) is 5.90. The van der Waals surface area contributed by atoms with Crippen LogP contribution in [0.2, 0.25) is 0 Å². The average Bonchev–Trinajstić information content (AvgIpc) is 3.45. The fraction of sp³-hybridized carbons (Fsp3) is 0.632. The van der Waals surface area contributed by atoms with Crippen molar-refractivity contribution in [1.29, 1.82) is 0 Å². The van der Waals surface area contributed by atoms with E-state index >= 15 is 0 Å². The van der Waals surface area contributed by atoms with Crippen LogP contribution in [0.3, 0.4) is 0 Å². The number of aryl methyl sites for hydroxylation is 1. The number of likely N-dealkylation sites (tertiary alicyclic amines) is 1. The zero-order valence-electron chi connectivity index (χ0n) is 16.2. The van der Waals surface area contributed by atoms with Gasteiger partial charge in [0.1, 0.15) is 0 Å². The van der Waals surface area contributed by atoms with Crippen LogP contribution in [0, 0.1) is 6.92 Å². The molecule has 0 unspecified atom stereocenters. The number of nitrogens with two attached hydrogens (primary N) is 1. The van der Waals surface area contributed by atoms with E-state index in [-0.39, 0.29) is 35.4 Å². The van der Waals surface area contributed by atoms with Gasteiger partial charge in [-0.2, -0.15) is 0 Å². The molecule has 0 atom stereocenters. The summed E-state index contributed by atoms with van der Waals surface area (Å²) in [7, 11) is -3.57. The summed E-state index contributed by atoms with van der Waals surface area (Å²) in [5, 5.41) is 0. The Morgan fingerprint density at radius 1 is 1.25 bits per heavy atom. The van der Waals surface area contributed by atoms with E-state index in [0.717, 1.165) is 37.7 Å². The Morgan fingerprint density at radius 2 is 1.93 bits per heavy atom. The smallest absolute Gasteiger partial charge is 0.254 e. The van der Waals surface area contributed by atoms with Crippen molar-refractivity contribution in [3.05, 3.63) is 29.3 Å². The van der Waals surface area contributed by atoms with Crippen LogP contribution in [-0.2, 0) is 14.8 Å². The van der Waals surface area contributed by atoms with Crippen LogP contribution in [0.4, 0.5) is 0 Å². The normalized spacial score (nSPS) is 18.0. The van der Waals surface area contributed by atoms with E-state index in [1.165, 1.54) is 6.07 Å². The number of rotatable bonds is 8. The van der Waals surface area contributed by atoms with Crippen LogP contribution < -0.4 is 10.5 Å². The minimum Gasteiger partial charge on any atom is -0.378 e. The second-order valence-corrected chi connectivity index (χ2v) is 9.09. The molecule has 2 aliphatic rings. The number of halogens is 1. The second-order valence-electron chi connectivity index (χ2n) is 7.38. The number of carbonyl (C=O) groups excluding carboxylic acids is 1. The molecule has 0 spiro atoms. The SMILES string of the molecule is Cc1ccc(S(=O)(=O)NC2CC2)cc1C(=O)N1CCC(OCCCN)CC1.Cl. The Balaban J connectivity index is 0.00000280. The summed E-state index contributed by atoms with van der Waals surface area (Å²) in [6, 6.07) is 4.81. The molecule has 1 amide bonds. The van der Waals surface area contributed by atoms with Crippen molar-refractivity contribution in [2.24, 2.45) is 5.73 Å². The van der Waals surface area contributed by atoms with Crippen LogP contribution in [0.25, 0.3) is 0 Å². The van der Waals surface area contributed by atoms with E-state index in [9.17, 15) is 13.2 Å². The molecule has 7 nitrogen and oxygen atoms in total. The number of nitrogens with zero attached hydrogens (tertiary/aromatic N) is 1. The maximum Gasteiger partial charge on any atom is 0.254 e. The number of amides is 1. The third-order valence-corrected chi connectivity index (χ3v) is 6.60. The van der Waals surface area contributed by atoms with Crippen LogP contribution >= 0.6 is 12.4 Å². The first-order chi connectivity index (χ1) is 12.9. The summed E-state index contributed by atoms with van der Waals surface area (Å²) < 4.78 is 33.3. The summed E-state index contributed by atoms with van der Waals surface area (Å²) in [6.07, 6.45) is 4.33. The fourth-order valence-corrected chi connectivity index (χ4v) is 4.55. The van der Waals surface area contributed by atoms with Crippen molar-refractivity contribution >= 4 is 28.3 Å². The number of nitrogens with one attached hydrogen (secondary N) is 1. The number of sulfonamides is 1. The summed E-state index contributed by atoms with van der Waals surface area (Å²) in [4.78, 5) is 14.9. The number of carbonyl (C=O) groups is 1. The molecule has 1 heterocycles. The van der Waals surface area contributed by atoms with Gasteiger partial charge < -0.3 is 15.4 Å². The van der Waals surface area contributed by atoms with Gasteiger partial charge in [0.25, 0.3) is 5.91 Å². The molecular formula is C19H30ClN3O4S. The zero-order chi connectivity index (χ0) is 19.4. The topological polar surface area (TPSA) is 102 Å². The molecule has 1 aliphatic carbocycles. The van der Waals surface area contributed by atoms with Gasteiger partial charge in [0.15, 0.2) is 0 Å². The minimum absolute atomic E-state index is 0. The van der Waals surface area contributed by atoms with E-state index in [4.69, 9.17) is 10.5 Å². The van der Waals surface area contributed by atoms with Crippen molar-refractivity contribution in [3.8, 4) is 0 Å². The lowest BCUT2D eigenvalue weighted by molar-refractivity contribution is 0.00842. The summed E-state index contributed by atoms with van der Waals surface area (Å²) in [5.41, 5.74) is 6.72. The van der Waals surface area contributed by atoms with E-state index in [1.54, 1.807) is 17.0 Å². The number of hydrogen-bond acceptors (Lipinski definition) is 5. The van der Waals surface area contributed by atoms with Crippen molar-refractivity contribution in [2.45, 2.75) is 56.1 Å². The highest BCUT2D eigenvalue weighted by molar-refractivity contribution is 7.89. The van der Waals surface area contributed by atoms with E-state index < -0.39 is 10.0 Å². The van der Waals surface area contributed by atoms with Crippen LogP contribution in [0.15, 0.2) is 23.1 Å². The molecule has 1 saturated heterocycles. The van der Waals surface area contributed by atoms with Gasteiger partial charge in [-0.05, 0) is 63.3 Å². The molecule has 0 radical (unpaired) electrons. The van der Waals surface area contributed by atoms with Gasteiger partial charge in [-0.25, -0.2) is 13.1 Å². The Bertz CT molecular complexity index is 775. The summed E-state index contributed by atoms with van der Waals surface area (Å²) >= 11 is 0. The van der Waals surface area contributed by atoms with Crippen molar-refractivity contribution in [1.82, 2.24) is 9.62 Å². The number of piperidine rings is 1. The lowest BCUT2D eigenvalue weighted by Crippen LogP contribution is -2.41. The predicted molar refractivity (Wildman–Crippen MR) is 110 cm³/mol. The van der Waals surface area contributed by atoms with Gasteiger partial charge in [0.05, 0.1) is 11.0 Å². The molecule has 0 bridgehead atoms. The lowest BCUT2D eigenvalue weighted by atomic mass is 10.0. The van der Waals surface area contributed by atoms with Crippen LogP contribution in [-0.4, -0.2) is 57.6 Å². The quantitative estimate of drug-likeness (QED) is 0.611. The average molecular weight is 432 g/mol. The molecule has 1 saturated carbocycles. The van der Waals surface area contributed by atoms with Gasteiger partial charge in [0.2, 0.25) is 10.0 Å². The molecule has 1 aromatic rings. The standard InChI is InChI=1S/C19H29N3O4S.ClH/c1-14-3-6-17(27(24,25)21-15-4-5-15)13-18(14)19(23)22-10-7-16(8-11-22)26-12-2-9-20;/h3,6,13,15-16,21H,2,4-5,7-12,20H2,1H3;1H. The van der Waals surface area contributed by atoms with Gasteiger partial charge in [0, 0.05) is 31.3 Å². The zero-order valence-corrected chi connectivity index (χ0v) is 17.9. The Labute approximate surface area is 173 Å². The molecule has 3 N–H and O–H groups in total. The van der Waals surface area contributed by atoms with Gasteiger partial charge in [-0.1, -0.05) is 6.07 Å². The largest absolute Gasteiger partial charge is 0.378 e. The van der Waals surface area contributed by atoms with E-state index in [0.29, 0.717) is 31.8 Å². The first-order valence-electron chi connectivity index (χ1n) is 9.64. The predicted octanol–water partition coefficient (Wildman–Crippen LogP) is 1.83. The molecule has 9 heteroatoms. The molecule has 2 fully saturated rings. The van der Waals surface area contributed by atoms with Gasteiger partial charge >= 0.3 is 0 Å². The maximum absolute atomic E-state index is 13.0. The molecule has 0 aromatic heterocycles. The molecule has 158 valence electrons. The first-order valence-corrected chi connectivity index (χ1v) is 11.1. The first kappa shape index (κ1) is 23.1. The van der Waals surface area contributed by atoms with E-state index in [1.807, 2.05) is 6.92 Å².